The third-order valence-electron chi connectivity index (χ3n) is 1.41. The average Bonchev–Trinajstić information content (AvgIpc) is 1.99. The molecule has 0 spiro atoms. The van der Waals surface area contributed by atoms with Gasteiger partial charge in [0.2, 0.25) is 5.88 Å². The molecule has 1 aliphatic heterocycles. The predicted molar refractivity (Wildman–Crippen MR) is 44.1 cm³/mol. The molecule has 0 aromatic heterocycles. The lowest BCUT2D eigenvalue weighted by Gasteiger charge is -2.24. The molecule has 5 heteroatoms. The third-order valence-corrected chi connectivity index (χ3v) is 1.74. The summed E-state index contributed by atoms with van der Waals surface area (Å²) >= 11 is 5.67. The number of hydrogen-bond donors (Lipinski definition) is 1. The Hall–Kier alpha value is -0.900. The molecule has 0 bridgehead atoms. The van der Waals surface area contributed by atoms with Gasteiger partial charge >= 0.3 is 0 Å². The second-order valence-corrected chi connectivity index (χ2v) is 2.57. The van der Waals surface area contributed by atoms with Crippen LogP contribution >= 0.6 is 11.6 Å². The molecule has 2 N–H and O–H groups in total. The lowest BCUT2D eigenvalue weighted by atomic mass is 10.4. The molecular weight excluding hydrogens is 166 g/mol. The first kappa shape index (κ1) is 8.20. The number of methoxy groups -OCH3 is 1. The van der Waals surface area contributed by atoms with Gasteiger partial charge in [0.25, 0.3) is 0 Å². The first-order chi connectivity index (χ1) is 5.16. The Balaban J connectivity index is 2.95. The van der Waals surface area contributed by atoms with E-state index in [1.807, 2.05) is 7.05 Å². The number of nitrogens with two attached hydrogens (primary N) is 1. The van der Waals surface area contributed by atoms with E-state index in [2.05, 4.69) is 4.99 Å². The summed E-state index contributed by atoms with van der Waals surface area (Å²) in [6, 6.07) is 0. The fourth-order valence-electron chi connectivity index (χ4n) is 0.877. The van der Waals surface area contributed by atoms with E-state index in [1.165, 1.54) is 0 Å². The van der Waals surface area contributed by atoms with E-state index in [0.29, 0.717) is 23.4 Å². The first-order valence-electron chi connectivity index (χ1n) is 3.12. The minimum atomic E-state index is 0.319. The van der Waals surface area contributed by atoms with Crippen molar-refractivity contribution < 1.29 is 4.74 Å². The van der Waals surface area contributed by atoms with Gasteiger partial charge in [0, 0.05) is 7.05 Å². The Bertz CT molecular complexity index is 224. The Morgan fingerprint density at radius 3 is 2.82 bits per heavy atom. The van der Waals surface area contributed by atoms with E-state index in [-0.39, 0.29) is 0 Å². The fourth-order valence-corrected chi connectivity index (χ4v) is 1.01. The largest absolute Gasteiger partial charge is 0.481 e. The standard InChI is InChI=1S/C6H10ClN3O/c1-10-3-9-5(7)4(8)6(10)11-2/h3,8H2,1-2H3. The highest BCUT2D eigenvalue weighted by Crippen LogP contribution is 2.13. The van der Waals surface area contributed by atoms with Gasteiger partial charge in [-0.3, -0.25) is 0 Å². The average molecular weight is 176 g/mol. The molecule has 0 aliphatic carbocycles. The maximum Gasteiger partial charge on any atom is 0.217 e. The SMILES string of the molecule is COC1=C(N)C(Cl)=NCN1C. The smallest absolute Gasteiger partial charge is 0.217 e. The minimum absolute atomic E-state index is 0.319. The van der Waals surface area contributed by atoms with Gasteiger partial charge in [-0.15, -0.1) is 0 Å². The topological polar surface area (TPSA) is 50.9 Å². The molecule has 0 radical (unpaired) electrons. The van der Waals surface area contributed by atoms with Crippen LogP contribution in [0.4, 0.5) is 0 Å². The molecule has 0 fully saturated rings. The second kappa shape index (κ2) is 3.00. The van der Waals surface area contributed by atoms with Crippen LogP contribution in [-0.4, -0.2) is 30.9 Å². The van der Waals surface area contributed by atoms with Gasteiger partial charge < -0.3 is 15.4 Å². The van der Waals surface area contributed by atoms with Crippen LogP contribution in [0.3, 0.4) is 0 Å². The van der Waals surface area contributed by atoms with Crippen molar-refractivity contribution in [3.05, 3.63) is 11.6 Å². The molecule has 0 saturated heterocycles. The van der Waals surface area contributed by atoms with Crippen LogP contribution in [-0.2, 0) is 4.74 Å². The molecule has 1 rings (SSSR count). The van der Waals surface area contributed by atoms with Crippen molar-refractivity contribution in [3.8, 4) is 0 Å². The lowest BCUT2D eigenvalue weighted by Crippen LogP contribution is -2.29. The summed E-state index contributed by atoms with van der Waals surface area (Å²) in [7, 11) is 3.38. The molecule has 0 aromatic carbocycles. The zero-order chi connectivity index (χ0) is 8.43. The van der Waals surface area contributed by atoms with Gasteiger partial charge in [-0.2, -0.15) is 0 Å². The summed E-state index contributed by atoms with van der Waals surface area (Å²) in [5.41, 5.74) is 5.97. The van der Waals surface area contributed by atoms with Gasteiger partial charge in [-0.25, -0.2) is 4.99 Å². The highest BCUT2D eigenvalue weighted by Gasteiger charge is 2.17. The highest BCUT2D eigenvalue weighted by atomic mass is 35.5. The molecule has 0 aromatic rings. The molecule has 4 nitrogen and oxygen atoms in total. The number of halogens is 1. The molecule has 11 heavy (non-hydrogen) atoms. The highest BCUT2D eigenvalue weighted by molar-refractivity contribution is 6.69. The van der Waals surface area contributed by atoms with Gasteiger partial charge in [0.1, 0.15) is 12.4 Å². The van der Waals surface area contributed by atoms with Crippen molar-refractivity contribution in [2.75, 3.05) is 20.8 Å². The van der Waals surface area contributed by atoms with E-state index < -0.39 is 0 Å². The maximum absolute atomic E-state index is 5.67. The summed E-state index contributed by atoms with van der Waals surface area (Å²) in [5.74, 6) is 0.574. The summed E-state index contributed by atoms with van der Waals surface area (Å²) in [5, 5.41) is 0.319. The molecule has 0 amide bonds. The number of nitrogens with zero attached hydrogens (tertiary/aromatic N) is 2. The Morgan fingerprint density at radius 2 is 2.36 bits per heavy atom. The number of allylic oxidation sites excluding steroid dienone is 1. The molecular formula is C6H10ClN3O. The van der Waals surface area contributed by atoms with Crippen LogP contribution in [0, 0.1) is 0 Å². The van der Waals surface area contributed by atoms with Crippen molar-refractivity contribution in [1.82, 2.24) is 4.90 Å². The maximum atomic E-state index is 5.67. The molecule has 0 atom stereocenters. The Kier molecular flexibility index (Phi) is 2.24. The van der Waals surface area contributed by atoms with Crippen molar-refractivity contribution in [2.45, 2.75) is 0 Å². The van der Waals surface area contributed by atoms with Crippen LogP contribution in [0.25, 0.3) is 0 Å². The Labute approximate surface area is 70.3 Å². The molecule has 0 unspecified atom stereocenters. The van der Waals surface area contributed by atoms with Crippen LogP contribution in [0.2, 0.25) is 0 Å². The van der Waals surface area contributed by atoms with Crippen LogP contribution in [0.1, 0.15) is 0 Å². The molecule has 62 valence electrons. The minimum Gasteiger partial charge on any atom is -0.481 e. The Morgan fingerprint density at radius 1 is 1.73 bits per heavy atom. The van der Waals surface area contributed by atoms with Crippen molar-refractivity contribution in [3.63, 3.8) is 0 Å². The van der Waals surface area contributed by atoms with Crippen molar-refractivity contribution in [2.24, 2.45) is 10.7 Å². The zero-order valence-corrected chi connectivity index (χ0v) is 7.22. The fraction of sp³-hybridized carbons (Fsp3) is 0.500. The summed E-state index contributed by atoms with van der Waals surface area (Å²) in [6.45, 7) is 0.489. The molecule has 0 saturated carbocycles. The summed E-state index contributed by atoms with van der Waals surface area (Å²) < 4.78 is 5.00. The van der Waals surface area contributed by atoms with Crippen LogP contribution < -0.4 is 5.73 Å². The van der Waals surface area contributed by atoms with Crippen LogP contribution in [0.5, 0.6) is 0 Å². The second-order valence-electron chi connectivity index (χ2n) is 2.21. The summed E-state index contributed by atoms with van der Waals surface area (Å²) in [6.07, 6.45) is 0. The van der Waals surface area contributed by atoms with Crippen molar-refractivity contribution in [1.29, 1.82) is 0 Å². The van der Waals surface area contributed by atoms with E-state index in [0.717, 1.165) is 0 Å². The number of ether oxygens (including phenoxy) is 1. The van der Waals surface area contributed by atoms with E-state index >= 15 is 0 Å². The van der Waals surface area contributed by atoms with Gasteiger partial charge in [0.15, 0.2) is 5.17 Å². The quantitative estimate of drug-likeness (QED) is 0.624. The van der Waals surface area contributed by atoms with E-state index in [9.17, 15) is 0 Å². The van der Waals surface area contributed by atoms with Crippen LogP contribution in [0.15, 0.2) is 16.6 Å². The number of aliphatic imine (C=N–C) groups is 1. The number of hydrogen-bond acceptors (Lipinski definition) is 4. The first-order valence-corrected chi connectivity index (χ1v) is 3.49. The monoisotopic (exact) mass is 175 g/mol. The lowest BCUT2D eigenvalue weighted by molar-refractivity contribution is 0.171. The van der Waals surface area contributed by atoms with E-state index in [1.54, 1.807) is 12.0 Å². The summed E-state index contributed by atoms with van der Waals surface area (Å²) in [4.78, 5) is 5.71. The molecule has 1 aliphatic rings. The zero-order valence-electron chi connectivity index (χ0n) is 6.47. The predicted octanol–water partition coefficient (Wildman–Crippen LogP) is 0.301. The van der Waals surface area contributed by atoms with Gasteiger partial charge in [-0.1, -0.05) is 11.6 Å². The van der Waals surface area contributed by atoms with Crippen molar-refractivity contribution >= 4 is 16.8 Å². The number of rotatable bonds is 1. The normalized spacial score (nSPS) is 18.5. The van der Waals surface area contributed by atoms with E-state index in [4.69, 9.17) is 22.1 Å². The molecule has 1 heterocycles. The van der Waals surface area contributed by atoms with Gasteiger partial charge in [0.05, 0.1) is 7.11 Å². The third kappa shape index (κ3) is 1.40. The van der Waals surface area contributed by atoms with Gasteiger partial charge in [-0.05, 0) is 0 Å².